The minimum absolute atomic E-state index is 0.305. The molecule has 3 aliphatic rings. The van der Waals surface area contributed by atoms with Gasteiger partial charge in [0.2, 0.25) is 0 Å². The Morgan fingerprint density at radius 3 is 2.55 bits per heavy atom. The number of likely N-dealkylation sites (tertiary alicyclic amines) is 1. The van der Waals surface area contributed by atoms with Gasteiger partial charge in [0.25, 0.3) is 5.91 Å². The number of esters is 1. The Bertz CT molecular complexity index is 1240. The number of hydrogen-bond acceptors (Lipinski definition) is 5. The Labute approximate surface area is 232 Å². The molecular weight excluding hydrogens is 521 g/mol. The molecule has 1 saturated heterocycles. The summed E-state index contributed by atoms with van der Waals surface area (Å²) in [5, 5.41) is 2.93. The molecule has 40 heavy (non-hydrogen) atoms. The zero-order chi connectivity index (χ0) is 28.3. The van der Waals surface area contributed by atoms with Gasteiger partial charge in [0.05, 0.1) is 6.17 Å². The normalized spacial score (nSPS) is 25.6. The molecule has 5 rings (SSSR count). The average Bonchev–Trinajstić information content (AvgIpc) is 3.72. The number of nitrogens with zero attached hydrogens (tertiary/aromatic N) is 1. The largest absolute Gasteiger partial charge is 0.573 e. The fraction of sp³-hybridized carbons (Fsp3) is 0.484. The molecule has 2 aromatic carbocycles. The molecule has 1 unspecified atom stereocenters. The molecule has 6 nitrogen and oxygen atoms in total. The van der Waals surface area contributed by atoms with Gasteiger partial charge < -0.3 is 14.8 Å². The van der Waals surface area contributed by atoms with E-state index in [2.05, 4.69) is 15.0 Å². The number of nitrogens with one attached hydrogen (secondary N) is 1. The lowest BCUT2D eigenvalue weighted by Crippen LogP contribution is -2.61. The predicted octanol–water partition coefficient (Wildman–Crippen LogP) is 6.18. The third-order valence-electron chi connectivity index (χ3n) is 8.36. The Morgan fingerprint density at radius 2 is 1.85 bits per heavy atom. The van der Waals surface area contributed by atoms with Crippen LogP contribution in [0.1, 0.15) is 63.0 Å². The third-order valence-corrected chi connectivity index (χ3v) is 8.36. The predicted molar refractivity (Wildman–Crippen MR) is 144 cm³/mol. The van der Waals surface area contributed by atoms with E-state index in [-0.39, 0.29) is 5.41 Å². The number of halogens is 3. The molecule has 1 heterocycles. The number of carbonyl (C=O) groups excluding carboxylic acids is 2. The van der Waals surface area contributed by atoms with E-state index < -0.39 is 30.2 Å². The monoisotopic (exact) mass is 556 g/mol. The summed E-state index contributed by atoms with van der Waals surface area (Å²) in [5.74, 6) is -0.773. The lowest BCUT2D eigenvalue weighted by molar-refractivity contribution is -0.304. The van der Waals surface area contributed by atoms with Crippen molar-refractivity contribution in [1.29, 1.82) is 0 Å². The first kappa shape index (κ1) is 28.2. The molecule has 0 radical (unpaired) electrons. The zero-order valence-corrected chi connectivity index (χ0v) is 22.6. The number of benzene rings is 2. The number of fused-ring (bicyclic) bond motifs is 1. The highest BCUT2D eigenvalue weighted by Gasteiger charge is 2.50. The van der Waals surface area contributed by atoms with Crippen LogP contribution in [0.3, 0.4) is 0 Å². The summed E-state index contributed by atoms with van der Waals surface area (Å²) in [6.07, 6.45) is 2.44. The van der Waals surface area contributed by atoms with E-state index in [0.717, 1.165) is 63.3 Å². The number of rotatable bonds is 8. The highest BCUT2D eigenvalue weighted by molar-refractivity contribution is 5.96. The Balaban J connectivity index is 1.46. The third kappa shape index (κ3) is 6.86. The number of ether oxygens (including phenoxy) is 2. The first-order chi connectivity index (χ1) is 19.1. The topological polar surface area (TPSA) is 67.9 Å². The van der Waals surface area contributed by atoms with Crippen molar-refractivity contribution in [3.63, 3.8) is 0 Å². The van der Waals surface area contributed by atoms with E-state index in [1.165, 1.54) is 6.92 Å². The summed E-state index contributed by atoms with van der Waals surface area (Å²) in [5.41, 5.74) is 1.16. The van der Waals surface area contributed by atoms with Gasteiger partial charge in [-0.15, -0.1) is 13.2 Å². The molecule has 3 atom stereocenters. The van der Waals surface area contributed by atoms with Crippen molar-refractivity contribution in [3.05, 3.63) is 71.5 Å². The minimum atomic E-state index is -5.01. The van der Waals surface area contributed by atoms with Gasteiger partial charge in [-0.05, 0) is 73.3 Å². The van der Waals surface area contributed by atoms with Crippen LogP contribution in [0.15, 0.2) is 60.4 Å². The van der Waals surface area contributed by atoms with Crippen LogP contribution in [0.25, 0.3) is 6.08 Å². The molecule has 3 fully saturated rings. The van der Waals surface area contributed by atoms with Crippen LogP contribution >= 0.6 is 0 Å². The Morgan fingerprint density at radius 1 is 1.07 bits per heavy atom. The quantitative estimate of drug-likeness (QED) is 0.182. The second-order valence-electron chi connectivity index (χ2n) is 11.3. The summed E-state index contributed by atoms with van der Waals surface area (Å²) in [7, 11) is 0. The van der Waals surface area contributed by atoms with Gasteiger partial charge in [0, 0.05) is 25.4 Å². The van der Waals surface area contributed by atoms with Crippen LogP contribution in [0.2, 0.25) is 0 Å². The Hall–Kier alpha value is -3.33. The average molecular weight is 557 g/mol. The van der Waals surface area contributed by atoms with Gasteiger partial charge in [0.1, 0.15) is 5.75 Å². The smallest absolute Gasteiger partial charge is 0.427 e. The van der Waals surface area contributed by atoms with Gasteiger partial charge in [-0.3, -0.25) is 14.5 Å². The number of carbonyl (C=O) groups is 2. The lowest BCUT2D eigenvalue weighted by Gasteiger charge is -2.54. The van der Waals surface area contributed by atoms with Crippen LogP contribution in [-0.2, 0) is 19.7 Å². The molecule has 1 amide bonds. The SMILES string of the molecule is CC(=O)Oc1cccc([C@@]23CCCCC2CN(CC2CC2)[C@H](NC(=O)C(=Cc2ccccc2)OC(F)(F)F)C3)c1. The fourth-order valence-electron chi connectivity index (χ4n) is 6.43. The van der Waals surface area contributed by atoms with Crippen LogP contribution in [0, 0.1) is 11.8 Å². The maximum absolute atomic E-state index is 13.4. The van der Waals surface area contributed by atoms with E-state index in [1.54, 1.807) is 36.4 Å². The second-order valence-corrected chi connectivity index (χ2v) is 11.3. The molecule has 1 N–H and O–H groups in total. The van der Waals surface area contributed by atoms with Crippen LogP contribution in [0.4, 0.5) is 13.2 Å². The standard InChI is InChI=1S/C31H35F3N2O4/c1-21(37)39-26-12-7-11-24(17-26)30-15-6-5-10-25(30)20-36(19-23-13-14-23)28(18-30)35-29(38)27(40-31(32,33)34)16-22-8-3-2-4-9-22/h2-4,7-9,11-12,16-17,23,25,28H,5-6,10,13-15,18-20H2,1H3,(H,35,38)/t25?,28-,30-/m0/s1. The van der Waals surface area contributed by atoms with Gasteiger partial charge in [-0.1, -0.05) is 55.3 Å². The molecule has 2 aliphatic carbocycles. The molecule has 2 saturated carbocycles. The van der Waals surface area contributed by atoms with E-state index in [4.69, 9.17) is 4.74 Å². The van der Waals surface area contributed by atoms with E-state index >= 15 is 0 Å². The molecule has 0 aromatic heterocycles. The minimum Gasteiger partial charge on any atom is -0.427 e. The molecular formula is C31H35F3N2O4. The van der Waals surface area contributed by atoms with E-state index in [0.29, 0.717) is 29.6 Å². The summed E-state index contributed by atoms with van der Waals surface area (Å²) in [4.78, 5) is 27.3. The molecule has 0 spiro atoms. The van der Waals surface area contributed by atoms with E-state index in [1.807, 2.05) is 18.2 Å². The Kier molecular flexibility index (Phi) is 8.21. The van der Waals surface area contributed by atoms with Crippen molar-refractivity contribution in [2.75, 3.05) is 13.1 Å². The van der Waals surface area contributed by atoms with Crippen molar-refractivity contribution in [2.24, 2.45) is 11.8 Å². The molecule has 2 aromatic rings. The lowest BCUT2D eigenvalue weighted by atomic mass is 9.58. The summed E-state index contributed by atoms with van der Waals surface area (Å²) in [6.45, 7) is 2.89. The summed E-state index contributed by atoms with van der Waals surface area (Å²) < 4.78 is 49.6. The van der Waals surface area contributed by atoms with Crippen LogP contribution in [-0.4, -0.2) is 42.4 Å². The maximum Gasteiger partial charge on any atom is 0.573 e. The van der Waals surface area contributed by atoms with Gasteiger partial charge >= 0.3 is 12.3 Å². The summed E-state index contributed by atoms with van der Waals surface area (Å²) >= 11 is 0. The molecule has 9 heteroatoms. The summed E-state index contributed by atoms with van der Waals surface area (Å²) in [6, 6.07) is 15.9. The van der Waals surface area contributed by atoms with Crippen LogP contribution in [0.5, 0.6) is 5.75 Å². The fourth-order valence-corrected chi connectivity index (χ4v) is 6.43. The van der Waals surface area contributed by atoms with Crippen LogP contribution < -0.4 is 10.1 Å². The van der Waals surface area contributed by atoms with Crippen molar-refractivity contribution >= 4 is 18.0 Å². The zero-order valence-electron chi connectivity index (χ0n) is 22.6. The van der Waals surface area contributed by atoms with Crippen molar-refractivity contribution in [1.82, 2.24) is 10.2 Å². The second kappa shape index (κ2) is 11.6. The van der Waals surface area contributed by atoms with Gasteiger partial charge in [-0.2, -0.15) is 0 Å². The molecule has 214 valence electrons. The van der Waals surface area contributed by atoms with Crippen molar-refractivity contribution in [2.45, 2.75) is 69.8 Å². The number of amides is 1. The van der Waals surface area contributed by atoms with Crippen molar-refractivity contribution in [3.8, 4) is 5.75 Å². The van der Waals surface area contributed by atoms with Crippen molar-refractivity contribution < 1.29 is 32.2 Å². The highest BCUT2D eigenvalue weighted by atomic mass is 19.4. The van der Waals surface area contributed by atoms with Gasteiger partial charge in [-0.25, -0.2) is 0 Å². The first-order valence-corrected chi connectivity index (χ1v) is 14.0. The van der Waals surface area contributed by atoms with E-state index in [9.17, 15) is 22.8 Å². The number of alkyl halides is 3. The number of hydrogen-bond donors (Lipinski definition) is 1. The highest BCUT2D eigenvalue weighted by Crippen LogP contribution is 2.51. The molecule has 1 aliphatic heterocycles. The van der Waals surface area contributed by atoms with Gasteiger partial charge in [0.15, 0.2) is 5.76 Å². The number of piperidine rings is 1. The first-order valence-electron chi connectivity index (χ1n) is 14.0. The maximum atomic E-state index is 13.4. The molecule has 0 bridgehead atoms.